The van der Waals surface area contributed by atoms with E-state index in [1.54, 1.807) is 0 Å². The molecule has 0 saturated heterocycles. The number of nitrogens with zero attached hydrogens (tertiary/aromatic N) is 8. The van der Waals surface area contributed by atoms with Crippen molar-refractivity contribution in [3.63, 3.8) is 0 Å². The normalized spacial score (nSPS) is 11.9. The number of benzene rings is 16. The molecule has 0 bridgehead atoms. The molecule has 0 aliphatic heterocycles. The zero-order valence-corrected chi connectivity index (χ0v) is 60.9. The van der Waals surface area contributed by atoms with Crippen LogP contribution in [-0.4, -0.2) is 39.0 Å². The molecule has 24 aromatic rings. The van der Waals surface area contributed by atoms with Gasteiger partial charge in [0.05, 0.1) is 22.1 Å². The summed E-state index contributed by atoms with van der Waals surface area (Å²) in [6, 6.07) is 126. The van der Waals surface area contributed by atoms with E-state index in [9.17, 15) is 0 Å². The molecular weight excluding hydrogens is 1400 g/mol. The van der Waals surface area contributed by atoms with Gasteiger partial charge in [-0.05, 0) is 156 Å². The van der Waals surface area contributed by atoms with Crippen molar-refractivity contribution in [3.05, 3.63) is 364 Å². The average molecular weight is 1460 g/mol. The summed E-state index contributed by atoms with van der Waals surface area (Å²) < 4.78 is 29.9. The molecule has 12 heteroatoms. The lowest BCUT2D eigenvalue weighted by molar-refractivity contribution is 0.664. The molecule has 0 fully saturated rings. The van der Waals surface area contributed by atoms with Crippen LogP contribution >= 0.6 is 0 Å². The van der Waals surface area contributed by atoms with Crippen LogP contribution < -0.4 is 0 Å². The van der Waals surface area contributed by atoms with Gasteiger partial charge in [-0.15, -0.1) is 0 Å². The second-order valence-electron chi connectivity index (χ2n) is 28.9. The van der Waals surface area contributed by atoms with Crippen molar-refractivity contribution in [2.24, 2.45) is 0 Å². The zero-order valence-electron chi connectivity index (χ0n) is 60.9. The lowest BCUT2D eigenvalue weighted by Gasteiger charge is -2.12. The predicted octanol–water partition coefficient (Wildman–Crippen LogP) is 26.9. The lowest BCUT2D eigenvalue weighted by atomic mass is 10.0. The molecule has 0 unspecified atom stereocenters. The zero-order chi connectivity index (χ0) is 74.9. The molecule has 8 heterocycles. The van der Waals surface area contributed by atoms with Gasteiger partial charge >= 0.3 is 0 Å². The van der Waals surface area contributed by atoms with Crippen molar-refractivity contribution in [2.75, 3.05) is 0 Å². The Labute approximate surface area is 650 Å². The summed E-state index contributed by atoms with van der Waals surface area (Å²) in [5.74, 6) is 3.81. The van der Waals surface area contributed by atoms with Gasteiger partial charge in [0, 0.05) is 109 Å². The third kappa shape index (κ3) is 10.8. The summed E-state index contributed by atoms with van der Waals surface area (Å²) in [6.07, 6.45) is 0. The van der Waals surface area contributed by atoms with Crippen LogP contribution in [0.1, 0.15) is 0 Å². The van der Waals surface area contributed by atoms with Crippen LogP contribution in [0.5, 0.6) is 0 Å². The lowest BCUT2D eigenvalue weighted by Crippen LogP contribution is -2.01. The molecule has 24 rings (SSSR count). The largest absolute Gasteiger partial charge is 0.456 e. The first kappa shape index (κ1) is 64.3. The smallest absolute Gasteiger partial charge is 0.164 e. The van der Waals surface area contributed by atoms with Gasteiger partial charge in [-0.3, -0.25) is 0 Å². The number of hydrogen-bond acceptors (Lipinski definition) is 10. The SMILES string of the molecule is c1ccc(-c2nc(-c3ccccc3)nc(-c3ccc(-n4c5ccccc5c5cc(-c6ccc7oc8cc9c(cc8c7c6)oc6ccccc69)ccc54)cc3)n2)cc1.c1ccc(-c2nc(-c3ccccc3)nc(-c3cccc(-n4c5ccccc5c5cc(-c6ccc7oc8cc9c(cc8c7c6)oc6ccccc69)ccc54)c3)n2)cc1. The van der Waals surface area contributed by atoms with Gasteiger partial charge in [0.2, 0.25) is 0 Å². The van der Waals surface area contributed by atoms with Crippen molar-refractivity contribution in [2.45, 2.75) is 0 Å². The number of rotatable bonds is 10. The Morgan fingerprint density at radius 1 is 0.149 bits per heavy atom. The number of para-hydroxylation sites is 4. The standard InChI is InChI=1S/2C51H30N4O2/c1-3-12-31(13-4-1)49-52-50(32-14-5-2-6-15-32)54-51(53-49)35-16-11-17-36(26-35)55-43-20-9-7-18-37(43)39-27-33(22-24-44(39)55)34-23-25-46-40(28-34)42-30-47-41(29-48(42)57-46)38-19-8-10-21-45(38)56-47;1-3-11-31(12-4-1)49-52-50(32-13-5-2-6-14-32)54-51(53-49)33-19-23-36(24-20-33)55-43-17-9-7-15-37(43)39-27-34(21-25-44(39)55)35-22-26-46-40(28-35)42-30-47-41(29-48(42)57-46)38-16-8-10-18-45(38)56-47/h2*1-30H. The number of fused-ring (bicyclic) bond motifs is 18. The molecule has 114 heavy (non-hydrogen) atoms. The summed E-state index contributed by atoms with van der Waals surface area (Å²) in [5.41, 5.74) is 23.6. The minimum atomic E-state index is 0.621. The highest BCUT2D eigenvalue weighted by Crippen LogP contribution is 2.44. The molecule has 0 atom stereocenters. The van der Waals surface area contributed by atoms with E-state index in [0.29, 0.717) is 34.9 Å². The van der Waals surface area contributed by atoms with Gasteiger partial charge in [-0.2, -0.15) is 0 Å². The molecular formula is C102H60N8O4. The van der Waals surface area contributed by atoms with Crippen molar-refractivity contribution in [3.8, 4) is 102 Å². The molecule has 0 radical (unpaired) electrons. The van der Waals surface area contributed by atoms with Gasteiger partial charge in [0.1, 0.15) is 44.7 Å². The van der Waals surface area contributed by atoms with E-state index in [1.165, 1.54) is 21.5 Å². The molecule has 12 nitrogen and oxygen atoms in total. The van der Waals surface area contributed by atoms with Crippen molar-refractivity contribution in [1.29, 1.82) is 0 Å². The highest BCUT2D eigenvalue weighted by molar-refractivity contribution is 6.18. The highest BCUT2D eigenvalue weighted by Gasteiger charge is 2.22. The molecule has 0 spiro atoms. The summed E-state index contributed by atoms with van der Waals surface area (Å²) in [6.45, 7) is 0. The van der Waals surface area contributed by atoms with Crippen LogP contribution in [0.15, 0.2) is 382 Å². The van der Waals surface area contributed by atoms with Crippen LogP contribution in [0.25, 0.3) is 233 Å². The Bertz CT molecular complexity index is 7860. The van der Waals surface area contributed by atoms with Crippen molar-refractivity contribution < 1.29 is 17.7 Å². The minimum Gasteiger partial charge on any atom is -0.456 e. The number of hydrogen-bond donors (Lipinski definition) is 0. The first-order valence-electron chi connectivity index (χ1n) is 38.0. The molecule has 0 aliphatic rings. The summed E-state index contributed by atoms with van der Waals surface area (Å²) in [4.78, 5) is 29.7. The second kappa shape index (κ2) is 26.0. The van der Waals surface area contributed by atoms with Crippen LogP contribution in [0.2, 0.25) is 0 Å². The summed E-state index contributed by atoms with van der Waals surface area (Å²) in [5, 5.41) is 13.3. The first-order valence-corrected chi connectivity index (χ1v) is 38.0. The van der Waals surface area contributed by atoms with Crippen LogP contribution in [0.3, 0.4) is 0 Å². The van der Waals surface area contributed by atoms with E-state index in [2.05, 4.69) is 215 Å². The van der Waals surface area contributed by atoms with Crippen LogP contribution in [-0.2, 0) is 0 Å². The molecule has 16 aromatic carbocycles. The monoisotopic (exact) mass is 1460 g/mol. The van der Waals surface area contributed by atoms with Gasteiger partial charge < -0.3 is 26.8 Å². The Hall–Kier alpha value is -15.7. The van der Waals surface area contributed by atoms with E-state index in [-0.39, 0.29) is 0 Å². The minimum absolute atomic E-state index is 0.621. The maximum Gasteiger partial charge on any atom is 0.164 e. The third-order valence-corrected chi connectivity index (χ3v) is 22.1. The Morgan fingerprint density at radius 3 is 0.825 bits per heavy atom. The Balaban J connectivity index is 0.000000135. The maximum atomic E-state index is 6.39. The fourth-order valence-electron chi connectivity index (χ4n) is 16.6. The molecule has 0 aliphatic carbocycles. The van der Waals surface area contributed by atoms with Gasteiger partial charge in [-0.1, -0.05) is 231 Å². The van der Waals surface area contributed by atoms with Gasteiger partial charge in [0.15, 0.2) is 34.9 Å². The summed E-state index contributed by atoms with van der Waals surface area (Å²) in [7, 11) is 0. The Kier molecular flexibility index (Phi) is 14.7. The van der Waals surface area contributed by atoms with Gasteiger partial charge in [-0.25, -0.2) is 29.9 Å². The molecule has 0 amide bonds. The number of aromatic nitrogens is 8. The fourth-order valence-corrected chi connectivity index (χ4v) is 16.6. The average Bonchev–Trinajstić information content (AvgIpc) is 1.39. The second-order valence-corrected chi connectivity index (χ2v) is 28.9. The number of furan rings is 4. The van der Waals surface area contributed by atoms with Crippen molar-refractivity contribution in [1.82, 2.24) is 39.0 Å². The van der Waals surface area contributed by atoms with Gasteiger partial charge in [0.25, 0.3) is 0 Å². The van der Waals surface area contributed by atoms with Crippen LogP contribution in [0, 0.1) is 0 Å². The maximum absolute atomic E-state index is 6.39. The predicted molar refractivity (Wildman–Crippen MR) is 461 cm³/mol. The van der Waals surface area contributed by atoms with E-state index in [4.69, 9.17) is 47.6 Å². The first-order chi connectivity index (χ1) is 56.4. The molecule has 532 valence electrons. The molecule has 0 saturated carbocycles. The van der Waals surface area contributed by atoms with E-state index < -0.39 is 0 Å². The summed E-state index contributed by atoms with van der Waals surface area (Å²) >= 11 is 0. The van der Waals surface area contributed by atoms with E-state index in [0.717, 1.165) is 177 Å². The highest BCUT2D eigenvalue weighted by atomic mass is 16.3. The molecule has 8 aromatic heterocycles. The molecule has 0 N–H and O–H groups in total. The Morgan fingerprint density at radius 2 is 0.421 bits per heavy atom. The quantitative estimate of drug-likeness (QED) is 0.130. The third-order valence-electron chi connectivity index (χ3n) is 22.1. The van der Waals surface area contributed by atoms with Crippen LogP contribution in [0.4, 0.5) is 0 Å². The van der Waals surface area contributed by atoms with E-state index in [1.807, 2.05) is 158 Å². The fraction of sp³-hybridized carbons (Fsp3) is 0. The topological polar surface area (TPSA) is 140 Å². The van der Waals surface area contributed by atoms with E-state index >= 15 is 0 Å². The van der Waals surface area contributed by atoms with Crippen molar-refractivity contribution >= 4 is 131 Å².